The number of aromatic nitrogens is 1. The molecule has 2 amide bonds. The molecule has 1 aromatic heterocycles. The SMILES string of the molecule is O=C(CCC(=O)N1CCc2ccccc2C1)NCCc1ccccn1. The van der Waals surface area contributed by atoms with Crippen molar-refractivity contribution in [1.29, 1.82) is 0 Å². The highest BCUT2D eigenvalue weighted by Crippen LogP contribution is 2.19. The lowest BCUT2D eigenvalue weighted by Gasteiger charge is -2.28. The molecule has 5 nitrogen and oxygen atoms in total. The maximum absolute atomic E-state index is 12.3. The summed E-state index contributed by atoms with van der Waals surface area (Å²) in [7, 11) is 0. The number of nitrogens with zero attached hydrogens (tertiary/aromatic N) is 2. The summed E-state index contributed by atoms with van der Waals surface area (Å²) in [6, 6.07) is 14.0. The van der Waals surface area contributed by atoms with Crippen molar-refractivity contribution in [3.05, 3.63) is 65.5 Å². The lowest BCUT2D eigenvalue weighted by atomic mass is 9.99. The van der Waals surface area contributed by atoms with Crippen molar-refractivity contribution in [2.75, 3.05) is 13.1 Å². The normalized spacial score (nSPS) is 13.2. The monoisotopic (exact) mass is 337 g/mol. The van der Waals surface area contributed by atoms with E-state index in [0.717, 1.165) is 18.7 Å². The number of amides is 2. The Morgan fingerprint density at radius 3 is 2.64 bits per heavy atom. The molecule has 130 valence electrons. The van der Waals surface area contributed by atoms with Gasteiger partial charge in [0.05, 0.1) is 0 Å². The van der Waals surface area contributed by atoms with E-state index in [9.17, 15) is 9.59 Å². The maximum atomic E-state index is 12.3. The smallest absolute Gasteiger partial charge is 0.223 e. The lowest BCUT2D eigenvalue weighted by Crippen LogP contribution is -2.36. The fraction of sp³-hybridized carbons (Fsp3) is 0.350. The van der Waals surface area contributed by atoms with E-state index >= 15 is 0 Å². The van der Waals surface area contributed by atoms with Gasteiger partial charge in [-0.1, -0.05) is 30.3 Å². The Bertz CT molecular complexity index is 731. The third-order valence-corrected chi connectivity index (χ3v) is 4.48. The number of rotatable bonds is 6. The topological polar surface area (TPSA) is 62.3 Å². The molecule has 0 aliphatic carbocycles. The van der Waals surface area contributed by atoms with E-state index in [1.165, 1.54) is 11.1 Å². The number of carbonyl (C=O) groups excluding carboxylic acids is 2. The highest BCUT2D eigenvalue weighted by Gasteiger charge is 2.20. The van der Waals surface area contributed by atoms with Crippen LogP contribution in [-0.4, -0.2) is 34.8 Å². The number of hydrogen-bond acceptors (Lipinski definition) is 3. The minimum atomic E-state index is -0.0818. The van der Waals surface area contributed by atoms with E-state index in [1.54, 1.807) is 6.20 Å². The average Bonchev–Trinajstić information content (AvgIpc) is 2.66. The highest BCUT2D eigenvalue weighted by molar-refractivity contribution is 5.83. The predicted molar refractivity (Wildman–Crippen MR) is 95.7 cm³/mol. The Kier molecular flexibility index (Phi) is 5.77. The summed E-state index contributed by atoms with van der Waals surface area (Å²) in [4.78, 5) is 30.3. The van der Waals surface area contributed by atoms with Gasteiger partial charge in [-0.3, -0.25) is 14.6 Å². The van der Waals surface area contributed by atoms with Crippen molar-refractivity contribution in [3.63, 3.8) is 0 Å². The number of hydrogen-bond donors (Lipinski definition) is 1. The summed E-state index contributed by atoms with van der Waals surface area (Å²) in [6.45, 7) is 1.93. The van der Waals surface area contributed by atoms with Crippen LogP contribution in [-0.2, 0) is 29.0 Å². The Morgan fingerprint density at radius 2 is 1.84 bits per heavy atom. The second kappa shape index (κ2) is 8.42. The Morgan fingerprint density at radius 1 is 1.04 bits per heavy atom. The van der Waals surface area contributed by atoms with E-state index in [-0.39, 0.29) is 24.7 Å². The zero-order valence-electron chi connectivity index (χ0n) is 14.3. The van der Waals surface area contributed by atoms with E-state index in [1.807, 2.05) is 35.2 Å². The highest BCUT2D eigenvalue weighted by atomic mass is 16.2. The van der Waals surface area contributed by atoms with Gasteiger partial charge in [-0.2, -0.15) is 0 Å². The van der Waals surface area contributed by atoms with Gasteiger partial charge >= 0.3 is 0 Å². The lowest BCUT2D eigenvalue weighted by molar-refractivity contribution is -0.134. The number of pyridine rings is 1. The molecule has 1 aromatic carbocycles. The van der Waals surface area contributed by atoms with Crippen LogP contribution in [0.25, 0.3) is 0 Å². The molecular formula is C20H23N3O2. The summed E-state index contributed by atoms with van der Waals surface area (Å²) >= 11 is 0. The first-order valence-corrected chi connectivity index (χ1v) is 8.73. The Hall–Kier alpha value is -2.69. The van der Waals surface area contributed by atoms with Crippen LogP contribution in [0.1, 0.15) is 29.7 Å². The van der Waals surface area contributed by atoms with Crippen LogP contribution >= 0.6 is 0 Å². The molecule has 0 unspecified atom stereocenters. The molecule has 0 spiro atoms. The molecule has 0 saturated carbocycles. The molecule has 0 saturated heterocycles. The van der Waals surface area contributed by atoms with Crippen molar-refractivity contribution >= 4 is 11.8 Å². The minimum Gasteiger partial charge on any atom is -0.356 e. The van der Waals surface area contributed by atoms with Crippen LogP contribution in [0, 0.1) is 0 Å². The summed E-state index contributed by atoms with van der Waals surface area (Å²) in [5.41, 5.74) is 3.48. The van der Waals surface area contributed by atoms with Crippen LogP contribution in [0.2, 0.25) is 0 Å². The summed E-state index contributed by atoms with van der Waals surface area (Å²) < 4.78 is 0. The van der Waals surface area contributed by atoms with Gasteiger partial charge in [0.2, 0.25) is 11.8 Å². The molecule has 25 heavy (non-hydrogen) atoms. The minimum absolute atomic E-state index is 0.0504. The molecule has 1 aliphatic heterocycles. The summed E-state index contributed by atoms with van der Waals surface area (Å²) in [6.07, 6.45) is 3.82. The first kappa shape index (κ1) is 17.1. The van der Waals surface area contributed by atoms with Gasteiger partial charge in [-0.25, -0.2) is 0 Å². The zero-order valence-corrected chi connectivity index (χ0v) is 14.3. The molecular weight excluding hydrogens is 314 g/mol. The fourth-order valence-electron chi connectivity index (χ4n) is 3.05. The number of carbonyl (C=O) groups is 2. The zero-order chi connectivity index (χ0) is 17.5. The van der Waals surface area contributed by atoms with E-state index in [4.69, 9.17) is 0 Å². The number of benzene rings is 1. The molecule has 2 heterocycles. The molecule has 3 rings (SSSR count). The third kappa shape index (κ3) is 4.89. The van der Waals surface area contributed by atoms with Gasteiger partial charge in [-0.15, -0.1) is 0 Å². The van der Waals surface area contributed by atoms with Gasteiger partial charge in [0.1, 0.15) is 0 Å². The molecule has 2 aromatic rings. The fourth-order valence-corrected chi connectivity index (χ4v) is 3.05. The quantitative estimate of drug-likeness (QED) is 0.878. The van der Waals surface area contributed by atoms with Crippen LogP contribution in [0.4, 0.5) is 0 Å². The van der Waals surface area contributed by atoms with E-state index in [0.29, 0.717) is 19.5 Å². The Labute approximate surface area is 148 Å². The first-order valence-electron chi connectivity index (χ1n) is 8.73. The Balaban J connectivity index is 1.38. The van der Waals surface area contributed by atoms with Gasteiger partial charge in [0.15, 0.2) is 0 Å². The van der Waals surface area contributed by atoms with Crippen LogP contribution < -0.4 is 5.32 Å². The van der Waals surface area contributed by atoms with Gasteiger partial charge in [0, 0.05) is 50.8 Å². The van der Waals surface area contributed by atoms with Crippen molar-refractivity contribution in [2.45, 2.75) is 32.2 Å². The second-order valence-electron chi connectivity index (χ2n) is 6.26. The van der Waals surface area contributed by atoms with Crippen molar-refractivity contribution < 1.29 is 9.59 Å². The van der Waals surface area contributed by atoms with Gasteiger partial charge < -0.3 is 10.2 Å². The summed E-state index contributed by atoms with van der Waals surface area (Å²) in [5.74, 6) is -0.0314. The predicted octanol–water partition coefficient (Wildman–Crippen LogP) is 2.11. The molecule has 1 N–H and O–H groups in total. The van der Waals surface area contributed by atoms with Crippen LogP contribution in [0.3, 0.4) is 0 Å². The first-order chi connectivity index (χ1) is 12.2. The van der Waals surface area contributed by atoms with E-state index in [2.05, 4.69) is 22.4 Å². The molecule has 1 aliphatic rings. The largest absolute Gasteiger partial charge is 0.356 e. The number of fused-ring (bicyclic) bond motifs is 1. The van der Waals surface area contributed by atoms with Crippen LogP contribution in [0.5, 0.6) is 0 Å². The molecule has 0 radical (unpaired) electrons. The van der Waals surface area contributed by atoms with Crippen molar-refractivity contribution in [1.82, 2.24) is 15.2 Å². The third-order valence-electron chi connectivity index (χ3n) is 4.48. The molecule has 0 fully saturated rings. The van der Waals surface area contributed by atoms with Gasteiger partial charge in [-0.05, 0) is 29.7 Å². The maximum Gasteiger partial charge on any atom is 0.223 e. The van der Waals surface area contributed by atoms with Crippen molar-refractivity contribution in [3.8, 4) is 0 Å². The average molecular weight is 337 g/mol. The van der Waals surface area contributed by atoms with Crippen molar-refractivity contribution in [2.24, 2.45) is 0 Å². The number of nitrogens with one attached hydrogen (secondary N) is 1. The molecule has 5 heteroatoms. The second-order valence-corrected chi connectivity index (χ2v) is 6.26. The summed E-state index contributed by atoms with van der Waals surface area (Å²) in [5, 5.41) is 2.86. The molecule has 0 atom stereocenters. The van der Waals surface area contributed by atoms with Gasteiger partial charge in [0.25, 0.3) is 0 Å². The standard InChI is InChI=1S/C20H23N3O2/c24-19(22-13-10-18-7-3-4-12-21-18)8-9-20(25)23-14-11-16-5-1-2-6-17(16)15-23/h1-7,12H,8-11,13-15H2,(H,22,24). The molecule has 0 bridgehead atoms. The van der Waals surface area contributed by atoms with Crippen LogP contribution in [0.15, 0.2) is 48.7 Å². The van der Waals surface area contributed by atoms with E-state index < -0.39 is 0 Å².